The number of rotatable bonds is 4. The van der Waals surface area contributed by atoms with Gasteiger partial charge in [0.05, 0.1) is 0 Å². The van der Waals surface area contributed by atoms with E-state index in [4.69, 9.17) is 5.11 Å². The maximum Gasteiger partial charge on any atom is 0.407 e. The smallest absolute Gasteiger partial charge is 0.407 e. The van der Waals surface area contributed by atoms with Crippen LogP contribution in [0.4, 0.5) is 10.5 Å². The molecule has 1 heterocycles. The predicted octanol–water partition coefficient (Wildman–Crippen LogP) is 2.79. The number of anilines is 1. The van der Waals surface area contributed by atoms with E-state index in [1.807, 2.05) is 37.3 Å². The molecule has 2 unspecified atom stereocenters. The standard InChI is InChI=1S/C15H20N2O3/c1-11(13-8-5-9-17(13)15(19)20)10-14(18)16-12-6-3-2-4-7-12/h2-4,6-7,11,13H,5,8-10H2,1H3,(H,16,18)(H,19,20). The third-order valence-corrected chi connectivity index (χ3v) is 3.77. The molecule has 5 nitrogen and oxygen atoms in total. The Kier molecular flexibility index (Phi) is 4.61. The average Bonchev–Trinajstić information content (AvgIpc) is 2.89. The summed E-state index contributed by atoms with van der Waals surface area (Å²) in [7, 11) is 0. The molecule has 108 valence electrons. The van der Waals surface area contributed by atoms with Gasteiger partial charge in [-0.05, 0) is 30.9 Å². The molecule has 1 saturated heterocycles. The van der Waals surface area contributed by atoms with Crippen molar-refractivity contribution in [1.82, 2.24) is 4.90 Å². The van der Waals surface area contributed by atoms with Crippen LogP contribution in [0.2, 0.25) is 0 Å². The van der Waals surface area contributed by atoms with Crippen molar-refractivity contribution in [3.8, 4) is 0 Å². The highest BCUT2D eigenvalue weighted by molar-refractivity contribution is 5.90. The lowest BCUT2D eigenvalue weighted by atomic mass is 9.96. The molecule has 20 heavy (non-hydrogen) atoms. The lowest BCUT2D eigenvalue weighted by Gasteiger charge is -2.26. The summed E-state index contributed by atoms with van der Waals surface area (Å²) in [5.41, 5.74) is 0.770. The van der Waals surface area contributed by atoms with Gasteiger partial charge in [-0.1, -0.05) is 25.1 Å². The number of para-hydroxylation sites is 1. The molecule has 2 N–H and O–H groups in total. The zero-order chi connectivity index (χ0) is 14.5. The minimum Gasteiger partial charge on any atom is -0.465 e. The summed E-state index contributed by atoms with van der Waals surface area (Å²) < 4.78 is 0. The molecule has 0 aromatic heterocycles. The summed E-state index contributed by atoms with van der Waals surface area (Å²) in [6, 6.07) is 9.24. The molecule has 1 aliphatic heterocycles. The van der Waals surface area contributed by atoms with Gasteiger partial charge in [0.15, 0.2) is 0 Å². The number of likely N-dealkylation sites (tertiary alicyclic amines) is 1. The van der Waals surface area contributed by atoms with Crippen LogP contribution in [-0.2, 0) is 4.79 Å². The Labute approximate surface area is 118 Å². The summed E-state index contributed by atoms with van der Waals surface area (Å²) >= 11 is 0. The molecular weight excluding hydrogens is 256 g/mol. The molecule has 1 aromatic carbocycles. The van der Waals surface area contributed by atoms with Gasteiger partial charge in [-0.15, -0.1) is 0 Å². The molecule has 2 atom stereocenters. The fourth-order valence-electron chi connectivity index (χ4n) is 2.78. The first-order valence-corrected chi connectivity index (χ1v) is 6.92. The fraction of sp³-hybridized carbons (Fsp3) is 0.467. The van der Waals surface area contributed by atoms with E-state index in [-0.39, 0.29) is 17.9 Å². The summed E-state index contributed by atoms with van der Waals surface area (Å²) in [4.78, 5) is 24.6. The van der Waals surface area contributed by atoms with Crippen molar-refractivity contribution in [2.45, 2.75) is 32.2 Å². The second-order valence-corrected chi connectivity index (χ2v) is 5.28. The Hall–Kier alpha value is -2.04. The van der Waals surface area contributed by atoms with Gasteiger partial charge >= 0.3 is 6.09 Å². The molecular formula is C15H20N2O3. The van der Waals surface area contributed by atoms with Crippen molar-refractivity contribution in [2.24, 2.45) is 5.92 Å². The van der Waals surface area contributed by atoms with Gasteiger partial charge in [-0.2, -0.15) is 0 Å². The first-order valence-electron chi connectivity index (χ1n) is 6.92. The average molecular weight is 276 g/mol. The Balaban J connectivity index is 1.89. The summed E-state index contributed by atoms with van der Waals surface area (Å²) in [5.74, 6) is -0.0433. The van der Waals surface area contributed by atoms with E-state index in [2.05, 4.69) is 5.32 Å². The van der Waals surface area contributed by atoms with Crippen molar-refractivity contribution in [3.05, 3.63) is 30.3 Å². The zero-order valence-corrected chi connectivity index (χ0v) is 11.6. The molecule has 2 rings (SSSR count). The SMILES string of the molecule is CC(CC(=O)Nc1ccccc1)C1CCCN1C(=O)O. The number of hydrogen-bond acceptors (Lipinski definition) is 2. The first kappa shape index (κ1) is 14.4. The largest absolute Gasteiger partial charge is 0.465 e. The van der Waals surface area contributed by atoms with Crippen LogP contribution in [-0.4, -0.2) is 34.6 Å². The van der Waals surface area contributed by atoms with Crippen LogP contribution >= 0.6 is 0 Å². The Morgan fingerprint density at radius 1 is 1.40 bits per heavy atom. The number of carbonyl (C=O) groups excluding carboxylic acids is 1. The van der Waals surface area contributed by atoms with Crippen LogP contribution in [0.15, 0.2) is 30.3 Å². The van der Waals surface area contributed by atoms with Crippen LogP contribution in [0, 0.1) is 5.92 Å². The first-order chi connectivity index (χ1) is 9.58. The molecule has 0 bridgehead atoms. The monoisotopic (exact) mass is 276 g/mol. The Bertz CT molecular complexity index is 475. The fourth-order valence-corrected chi connectivity index (χ4v) is 2.78. The van der Waals surface area contributed by atoms with Crippen LogP contribution in [0.1, 0.15) is 26.2 Å². The number of hydrogen-bond donors (Lipinski definition) is 2. The summed E-state index contributed by atoms with van der Waals surface area (Å²) in [6.45, 7) is 2.52. The van der Waals surface area contributed by atoms with E-state index in [0.29, 0.717) is 13.0 Å². The highest BCUT2D eigenvalue weighted by Gasteiger charge is 2.33. The third kappa shape index (κ3) is 3.50. The van der Waals surface area contributed by atoms with Crippen LogP contribution in [0.5, 0.6) is 0 Å². The second kappa shape index (κ2) is 6.41. The highest BCUT2D eigenvalue weighted by atomic mass is 16.4. The molecule has 0 radical (unpaired) electrons. The van der Waals surface area contributed by atoms with Gasteiger partial charge in [0.2, 0.25) is 5.91 Å². The molecule has 0 aliphatic carbocycles. The lowest BCUT2D eigenvalue weighted by molar-refractivity contribution is -0.117. The molecule has 1 fully saturated rings. The Morgan fingerprint density at radius 3 is 2.75 bits per heavy atom. The number of nitrogens with zero attached hydrogens (tertiary/aromatic N) is 1. The van der Waals surface area contributed by atoms with Gasteiger partial charge in [0, 0.05) is 24.7 Å². The van der Waals surface area contributed by atoms with Crippen molar-refractivity contribution in [3.63, 3.8) is 0 Å². The van der Waals surface area contributed by atoms with E-state index in [1.54, 1.807) is 0 Å². The van der Waals surface area contributed by atoms with Crippen LogP contribution in [0.3, 0.4) is 0 Å². The van der Waals surface area contributed by atoms with Crippen molar-refractivity contribution < 1.29 is 14.7 Å². The van der Waals surface area contributed by atoms with E-state index >= 15 is 0 Å². The minimum absolute atomic E-state index is 0.0253. The van der Waals surface area contributed by atoms with Crippen molar-refractivity contribution >= 4 is 17.7 Å². The van der Waals surface area contributed by atoms with E-state index in [0.717, 1.165) is 18.5 Å². The molecule has 1 aromatic rings. The number of benzene rings is 1. The van der Waals surface area contributed by atoms with Crippen LogP contribution in [0.25, 0.3) is 0 Å². The topological polar surface area (TPSA) is 69.6 Å². The van der Waals surface area contributed by atoms with Crippen molar-refractivity contribution in [2.75, 3.05) is 11.9 Å². The minimum atomic E-state index is -0.886. The van der Waals surface area contributed by atoms with Gasteiger partial charge in [0.1, 0.15) is 0 Å². The zero-order valence-electron chi connectivity index (χ0n) is 11.6. The number of carboxylic acid groups (broad SMARTS) is 1. The number of carbonyl (C=O) groups is 2. The molecule has 5 heteroatoms. The lowest BCUT2D eigenvalue weighted by Crippen LogP contribution is -2.39. The number of amides is 2. The van der Waals surface area contributed by atoms with E-state index in [9.17, 15) is 9.59 Å². The summed E-state index contributed by atoms with van der Waals surface area (Å²) in [6.07, 6.45) is 1.17. The molecule has 0 spiro atoms. The van der Waals surface area contributed by atoms with Gasteiger partial charge in [0.25, 0.3) is 0 Å². The molecule has 1 aliphatic rings. The maximum absolute atomic E-state index is 12.0. The van der Waals surface area contributed by atoms with Gasteiger partial charge in [-0.25, -0.2) is 4.79 Å². The van der Waals surface area contributed by atoms with E-state index < -0.39 is 6.09 Å². The maximum atomic E-state index is 12.0. The summed E-state index contributed by atoms with van der Waals surface area (Å²) in [5, 5.41) is 12.0. The van der Waals surface area contributed by atoms with Crippen molar-refractivity contribution in [1.29, 1.82) is 0 Å². The van der Waals surface area contributed by atoms with E-state index in [1.165, 1.54) is 4.90 Å². The number of nitrogens with one attached hydrogen (secondary N) is 1. The van der Waals surface area contributed by atoms with Gasteiger partial charge < -0.3 is 15.3 Å². The van der Waals surface area contributed by atoms with Gasteiger partial charge in [-0.3, -0.25) is 4.79 Å². The predicted molar refractivity (Wildman–Crippen MR) is 76.6 cm³/mol. The quantitative estimate of drug-likeness (QED) is 0.888. The normalized spacial score (nSPS) is 19.6. The van der Waals surface area contributed by atoms with Crippen LogP contribution < -0.4 is 5.32 Å². The molecule has 0 saturated carbocycles. The third-order valence-electron chi connectivity index (χ3n) is 3.77. The highest BCUT2D eigenvalue weighted by Crippen LogP contribution is 2.26. The second-order valence-electron chi connectivity index (χ2n) is 5.28. The Morgan fingerprint density at radius 2 is 2.10 bits per heavy atom. The molecule has 2 amide bonds.